The number of urea groups is 1. The number of nitrogens with one attached hydrogen (secondary N) is 2. The van der Waals surface area contributed by atoms with Crippen LogP contribution < -0.4 is 15.4 Å². The molecule has 1 fully saturated rings. The lowest BCUT2D eigenvalue weighted by atomic mass is 9.97. The topological polar surface area (TPSA) is 62.8 Å². The second-order valence-corrected chi connectivity index (χ2v) is 7.14. The maximum Gasteiger partial charge on any atom is 0.314 e. The fourth-order valence-corrected chi connectivity index (χ4v) is 3.62. The fourth-order valence-electron chi connectivity index (χ4n) is 3.62. The van der Waals surface area contributed by atoms with Crippen molar-refractivity contribution in [2.75, 3.05) is 39.3 Å². The molecule has 6 nitrogen and oxygen atoms in total. The van der Waals surface area contributed by atoms with Crippen LogP contribution in [0, 0.1) is 5.92 Å². The Balaban J connectivity index is 1.32. The van der Waals surface area contributed by atoms with Gasteiger partial charge in [-0.2, -0.15) is 0 Å². The molecule has 2 heterocycles. The Labute approximate surface area is 149 Å². The van der Waals surface area contributed by atoms with Crippen LogP contribution in [-0.2, 0) is 11.2 Å². The predicted octanol–water partition coefficient (Wildman–Crippen LogP) is 1.65. The van der Waals surface area contributed by atoms with Crippen molar-refractivity contribution in [1.82, 2.24) is 15.5 Å². The molecule has 2 amide bonds. The predicted molar refractivity (Wildman–Crippen MR) is 97.0 cm³/mol. The lowest BCUT2D eigenvalue weighted by Gasteiger charge is -2.35. The molecule has 1 saturated heterocycles. The highest BCUT2D eigenvalue weighted by atomic mass is 16.5. The van der Waals surface area contributed by atoms with E-state index in [9.17, 15) is 4.79 Å². The molecule has 0 unspecified atom stereocenters. The summed E-state index contributed by atoms with van der Waals surface area (Å²) in [6.07, 6.45) is 1.46. The Kier molecular flexibility index (Phi) is 6.15. The van der Waals surface area contributed by atoms with Gasteiger partial charge in [-0.05, 0) is 31.9 Å². The third-order valence-corrected chi connectivity index (χ3v) is 4.72. The Morgan fingerprint density at radius 3 is 2.76 bits per heavy atom. The van der Waals surface area contributed by atoms with Gasteiger partial charge in [-0.25, -0.2) is 4.79 Å². The molecule has 0 spiro atoms. The van der Waals surface area contributed by atoms with Gasteiger partial charge in [0.05, 0.1) is 18.8 Å². The molecule has 1 aromatic carbocycles. The van der Waals surface area contributed by atoms with Gasteiger partial charge in [0.25, 0.3) is 0 Å². The van der Waals surface area contributed by atoms with Crippen molar-refractivity contribution in [3.05, 3.63) is 29.8 Å². The van der Waals surface area contributed by atoms with E-state index in [-0.39, 0.29) is 18.2 Å². The van der Waals surface area contributed by atoms with Gasteiger partial charge < -0.3 is 20.1 Å². The molecular weight excluding hydrogens is 318 g/mol. The van der Waals surface area contributed by atoms with Crippen molar-refractivity contribution >= 4 is 6.03 Å². The number of nitrogens with zero attached hydrogens (tertiary/aromatic N) is 1. The van der Waals surface area contributed by atoms with Crippen molar-refractivity contribution in [2.24, 2.45) is 5.92 Å². The number of carbonyl (C=O) groups is 1. The van der Waals surface area contributed by atoms with Crippen molar-refractivity contribution in [3.8, 4) is 5.75 Å². The number of carbonyl (C=O) groups excluding carboxylic acids is 1. The molecule has 1 aromatic rings. The summed E-state index contributed by atoms with van der Waals surface area (Å²) < 4.78 is 11.5. The van der Waals surface area contributed by atoms with Gasteiger partial charge in [0.1, 0.15) is 5.75 Å². The maximum atomic E-state index is 12.0. The summed E-state index contributed by atoms with van der Waals surface area (Å²) in [6, 6.07) is 8.00. The lowest BCUT2D eigenvalue weighted by molar-refractivity contribution is -0.0672. The number of hydrogen-bond donors (Lipinski definition) is 2. The van der Waals surface area contributed by atoms with Gasteiger partial charge >= 0.3 is 6.03 Å². The molecule has 0 bridgehead atoms. The van der Waals surface area contributed by atoms with Gasteiger partial charge in [-0.15, -0.1) is 0 Å². The SMILES string of the molecule is C[C@@H]1CN(CCNC(=O)NC[C@@H]2COc3ccccc3C2)C[C@H](C)O1. The molecule has 0 aromatic heterocycles. The van der Waals surface area contributed by atoms with Crippen molar-refractivity contribution < 1.29 is 14.3 Å². The molecule has 2 aliphatic heterocycles. The number of amides is 2. The van der Waals surface area contributed by atoms with Crippen molar-refractivity contribution in [1.29, 1.82) is 0 Å². The fraction of sp³-hybridized carbons (Fsp3) is 0.632. The lowest BCUT2D eigenvalue weighted by Crippen LogP contribution is -2.49. The summed E-state index contributed by atoms with van der Waals surface area (Å²) in [5, 5.41) is 5.91. The Morgan fingerprint density at radius 2 is 1.96 bits per heavy atom. The van der Waals surface area contributed by atoms with E-state index in [0.717, 1.165) is 31.8 Å². The smallest absolute Gasteiger partial charge is 0.314 e. The average molecular weight is 347 g/mol. The summed E-state index contributed by atoms with van der Waals surface area (Å²) in [4.78, 5) is 14.3. The number of benzene rings is 1. The summed E-state index contributed by atoms with van der Waals surface area (Å²) in [5.74, 6) is 1.29. The van der Waals surface area contributed by atoms with E-state index in [0.29, 0.717) is 25.6 Å². The van der Waals surface area contributed by atoms with Gasteiger partial charge in [0, 0.05) is 38.6 Å². The molecule has 6 heteroatoms. The quantitative estimate of drug-likeness (QED) is 0.850. The van der Waals surface area contributed by atoms with Crippen LogP contribution in [0.5, 0.6) is 5.75 Å². The van der Waals surface area contributed by atoms with Crippen LogP contribution >= 0.6 is 0 Å². The summed E-state index contributed by atoms with van der Waals surface area (Å²) in [6.45, 7) is 8.81. The third-order valence-electron chi connectivity index (χ3n) is 4.72. The number of morpholine rings is 1. The Bertz CT molecular complexity index is 571. The molecule has 0 radical (unpaired) electrons. The van der Waals surface area contributed by atoms with Crippen LogP contribution in [0.25, 0.3) is 0 Å². The van der Waals surface area contributed by atoms with Gasteiger partial charge in [-0.3, -0.25) is 4.90 Å². The normalized spacial score (nSPS) is 26.4. The van der Waals surface area contributed by atoms with E-state index in [1.54, 1.807) is 0 Å². The standard InChI is InChI=1S/C19H29N3O3/c1-14-11-22(12-15(2)25-14)8-7-20-19(23)21-10-16-9-17-5-3-4-6-18(17)24-13-16/h3-6,14-16H,7-13H2,1-2H3,(H2,20,21,23)/t14-,15+,16-/m1/s1. The number of fused-ring (bicyclic) bond motifs is 1. The first-order valence-corrected chi connectivity index (χ1v) is 9.20. The first-order valence-electron chi connectivity index (χ1n) is 9.20. The largest absolute Gasteiger partial charge is 0.493 e. The average Bonchev–Trinajstić information content (AvgIpc) is 2.59. The van der Waals surface area contributed by atoms with E-state index in [2.05, 4.69) is 35.4 Å². The number of para-hydroxylation sites is 1. The van der Waals surface area contributed by atoms with E-state index < -0.39 is 0 Å². The van der Waals surface area contributed by atoms with Crippen LogP contribution in [0.4, 0.5) is 4.79 Å². The van der Waals surface area contributed by atoms with Gasteiger partial charge in [-0.1, -0.05) is 18.2 Å². The minimum atomic E-state index is -0.104. The van der Waals surface area contributed by atoms with Crippen molar-refractivity contribution in [2.45, 2.75) is 32.5 Å². The second kappa shape index (κ2) is 8.54. The molecule has 3 atom stereocenters. The third kappa shape index (κ3) is 5.34. The van der Waals surface area contributed by atoms with E-state index >= 15 is 0 Å². The minimum Gasteiger partial charge on any atom is -0.493 e. The van der Waals surface area contributed by atoms with Crippen LogP contribution in [0.2, 0.25) is 0 Å². The number of ether oxygens (including phenoxy) is 2. The Hall–Kier alpha value is -1.79. The van der Waals surface area contributed by atoms with Crippen LogP contribution in [0.1, 0.15) is 19.4 Å². The zero-order valence-corrected chi connectivity index (χ0v) is 15.2. The highest BCUT2D eigenvalue weighted by Gasteiger charge is 2.22. The van der Waals surface area contributed by atoms with Crippen LogP contribution in [-0.4, -0.2) is 62.5 Å². The zero-order valence-electron chi connectivity index (χ0n) is 15.2. The summed E-state index contributed by atoms with van der Waals surface area (Å²) >= 11 is 0. The molecule has 2 aliphatic rings. The molecule has 2 N–H and O–H groups in total. The monoisotopic (exact) mass is 347 g/mol. The van der Waals surface area contributed by atoms with Gasteiger partial charge in [0.2, 0.25) is 0 Å². The minimum absolute atomic E-state index is 0.104. The highest BCUT2D eigenvalue weighted by molar-refractivity contribution is 5.73. The second-order valence-electron chi connectivity index (χ2n) is 7.14. The molecule has 138 valence electrons. The zero-order chi connectivity index (χ0) is 17.6. The molecule has 0 aliphatic carbocycles. The molecular formula is C19H29N3O3. The summed E-state index contributed by atoms with van der Waals surface area (Å²) in [5.41, 5.74) is 1.22. The molecule has 3 rings (SSSR count). The van der Waals surface area contributed by atoms with E-state index in [4.69, 9.17) is 9.47 Å². The maximum absolute atomic E-state index is 12.0. The number of rotatable bonds is 5. The molecule has 0 saturated carbocycles. The van der Waals surface area contributed by atoms with Crippen molar-refractivity contribution in [3.63, 3.8) is 0 Å². The number of hydrogen-bond acceptors (Lipinski definition) is 4. The molecule has 25 heavy (non-hydrogen) atoms. The van der Waals surface area contributed by atoms with E-state index in [1.807, 2.05) is 18.2 Å². The van der Waals surface area contributed by atoms with Crippen LogP contribution in [0.15, 0.2) is 24.3 Å². The highest BCUT2D eigenvalue weighted by Crippen LogP contribution is 2.26. The first-order chi connectivity index (χ1) is 12.1. The van der Waals surface area contributed by atoms with Crippen LogP contribution in [0.3, 0.4) is 0 Å². The van der Waals surface area contributed by atoms with Gasteiger partial charge in [0.15, 0.2) is 0 Å². The first kappa shape index (κ1) is 18.0. The summed E-state index contributed by atoms with van der Waals surface area (Å²) in [7, 11) is 0. The van der Waals surface area contributed by atoms with E-state index in [1.165, 1.54) is 5.56 Å². The Morgan fingerprint density at radius 1 is 1.20 bits per heavy atom.